The highest BCUT2D eigenvalue weighted by Crippen LogP contribution is 2.43. The Kier molecular flexibility index (Phi) is 6.51. The molecule has 1 aromatic carbocycles. The molecule has 190 valence electrons. The minimum Gasteiger partial charge on any atom is -0.505 e. The van der Waals surface area contributed by atoms with Crippen LogP contribution in [-0.4, -0.2) is 43.0 Å². The van der Waals surface area contributed by atoms with Gasteiger partial charge in [-0.25, -0.2) is 4.98 Å². The number of amides is 1. The van der Waals surface area contributed by atoms with Crippen LogP contribution in [0.2, 0.25) is 0 Å². The number of carbonyl (C=O) groups is 2. The summed E-state index contributed by atoms with van der Waals surface area (Å²) in [5, 5.41) is 20.7. The number of ether oxygens (including phenoxy) is 1. The molecule has 1 atom stereocenters. The Bertz CT molecular complexity index is 1540. The number of rotatable bonds is 7. The molecule has 0 bridgehead atoms. The number of aliphatic hydroxyl groups excluding tert-OH is 1. The molecule has 9 nitrogen and oxygen atoms in total. The second-order valence-electron chi connectivity index (χ2n) is 9.35. The van der Waals surface area contributed by atoms with Gasteiger partial charge < -0.3 is 9.84 Å². The fraction of sp³-hybridized carbons (Fsp3) is 0.296. The number of hydrogen-bond acceptors (Lipinski definition) is 8. The first-order valence-electron chi connectivity index (χ1n) is 12.0. The zero-order valence-corrected chi connectivity index (χ0v) is 21.8. The molecule has 0 aliphatic carbocycles. The summed E-state index contributed by atoms with van der Waals surface area (Å²) < 4.78 is 7.66. The van der Waals surface area contributed by atoms with Crippen LogP contribution < -0.4 is 9.64 Å². The van der Waals surface area contributed by atoms with Crippen LogP contribution >= 0.6 is 11.3 Å². The third-order valence-corrected chi connectivity index (χ3v) is 7.07. The van der Waals surface area contributed by atoms with Gasteiger partial charge in [-0.1, -0.05) is 43.4 Å². The summed E-state index contributed by atoms with van der Waals surface area (Å²) in [6.07, 6.45) is 2.65. The van der Waals surface area contributed by atoms with Crippen LogP contribution in [0.25, 0.3) is 11.4 Å². The number of ketones is 1. The third kappa shape index (κ3) is 4.48. The Morgan fingerprint density at radius 2 is 1.95 bits per heavy atom. The Morgan fingerprint density at radius 3 is 2.68 bits per heavy atom. The summed E-state index contributed by atoms with van der Waals surface area (Å²) in [6.45, 7) is 8.32. The van der Waals surface area contributed by atoms with Crippen LogP contribution in [-0.2, 0) is 9.59 Å². The van der Waals surface area contributed by atoms with Crippen molar-refractivity contribution in [1.82, 2.24) is 19.6 Å². The molecule has 0 radical (unpaired) electrons. The lowest BCUT2D eigenvalue weighted by molar-refractivity contribution is -0.132. The molecule has 37 heavy (non-hydrogen) atoms. The number of aryl methyl sites for hydroxylation is 2. The number of fused-ring (bicyclic) bond motifs is 1. The van der Waals surface area contributed by atoms with Gasteiger partial charge in [0, 0.05) is 6.20 Å². The van der Waals surface area contributed by atoms with Gasteiger partial charge in [0.05, 0.1) is 23.9 Å². The van der Waals surface area contributed by atoms with Crippen molar-refractivity contribution in [2.45, 2.75) is 40.2 Å². The lowest BCUT2D eigenvalue weighted by atomic mass is 9.96. The van der Waals surface area contributed by atoms with E-state index in [2.05, 4.69) is 29.0 Å². The highest BCUT2D eigenvalue weighted by atomic mass is 32.1. The average Bonchev–Trinajstić information content (AvgIpc) is 3.51. The normalized spacial score (nSPS) is 17.3. The van der Waals surface area contributed by atoms with Crippen LogP contribution in [0.5, 0.6) is 5.75 Å². The molecular weight excluding hydrogens is 490 g/mol. The molecule has 5 rings (SSSR count). The number of aliphatic hydroxyl groups is 1. The van der Waals surface area contributed by atoms with Crippen molar-refractivity contribution in [2.75, 3.05) is 11.5 Å². The SMILES string of the molecule is Cc1nnc(N2C(=O)C(=O)C(=C(O)c3c(C)nc4ccccn34)C2c2cccc(OCCC(C)C)c2)s1. The molecule has 4 aromatic rings. The molecule has 1 aliphatic rings. The van der Waals surface area contributed by atoms with E-state index in [0.29, 0.717) is 45.9 Å². The largest absolute Gasteiger partial charge is 0.505 e. The second-order valence-corrected chi connectivity index (χ2v) is 10.5. The van der Waals surface area contributed by atoms with E-state index in [1.807, 2.05) is 30.3 Å². The molecule has 1 amide bonds. The standard InChI is InChI=1S/C27H27N5O4S/c1-15(2)11-13-36-19-9-7-8-18(14-19)23-21(25(34)26(35)32(23)27-30-29-17(4)37-27)24(33)22-16(3)28-20-10-5-6-12-31(20)22/h5-10,12,14-15,23,33H,11,13H2,1-4H3. The van der Waals surface area contributed by atoms with Crippen molar-refractivity contribution in [3.8, 4) is 5.75 Å². The number of pyridine rings is 1. The lowest BCUT2D eigenvalue weighted by Crippen LogP contribution is -2.29. The van der Waals surface area contributed by atoms with Gasteiger partial charge in [0.1, 0.15) is 22.1 Å². The minimum atomic E-state index is -0.922. The number of nitrogens with zero attached hydrogens (tertiary/aromatic N) is 5. The molecule has 0 saturated carbocycles. The number of carbonyl (C=O) groups excluding carboxylic acids is 2. The van der Waals surface area contributed by atoms with Gasteiger partial charge in [0.2, 0.25) is 5.13 Å². The minimum absolute atomic E-state index is 0.0362. The maximum Gasteiger partial charge on any atom is 0.301 e. The van der Waals surface area contributed by atoms with Crippen LogP contribution in [0.3, 0.4) is 0 Å². The van der Waals surface area contributed by atoms with Crippen LogP contribution in [0.1, 0.15) is 48.3 Å². The summed E-state index contributed by atoms with van der Waals surface area (Å²) >= 11 is 1.21. The predicted molar refractivity (Wildman–Crippen MR) is 141 cm³/mol. The van der Waals surface area contributed by atoms with E-state index in [-0.39, 0.29) is 16.5 Å². The van der Waals surface area contributed by atoms with E-state index in [1.54, 1.807) is 36.6 Å². The number of imidazole rings is 1. The van der Waals surface area contributed by atoms with Gasteiger partial charge in [0.15, 0.2) is 5.76 Å². The lowest BCUT2D eigenvalue weighted by Gasteiger charge is -2.23. The molecule has 3 aromatic heterocycles. The van der Waals surface area contributed by atoms with E-state index < -0.39 is 17.7 Å². The quantitative estimate of drug-likeness (QED) is 0.212. The van der Waals surface area contributed by atoms with Gasteiger partial charge in [-0.05, 0) is 56.0 Å². The van der Waals surface area contributed by atoms with Gasteiger partial charge in [0.25, 0.3) is 5.78 Å². The predicted octanol–water partition coefficient (Wildman–Crippen LogP) is 4.85. The number of anilines is 1. The third-order valence-electron chi connectivity index (χ3n) is 6.23. The molecule has 1 unspecified atom stereocenters. The highest BCUT2D eigenvalue weighted by molar-refractivity contribution is 7.15. The Morgan fingerprint density at radius 1 is 1.14 bits per heavy atom. The van der Waals surface area contributed by atoms with Crippen molar-refractivity contribution in [1.29, 1.82) is 0 Å². The van der Waals surface area contributed by atoms with Crippen molar-refractivity contribution >= 4 is 39.6 Å². The number of aromatic nitrogens is 4. The Labute approximate surface area is 218 Å². The smallest absolute Gasteiger partial charge is 0.301 e. The molecule has 10 heteroatoms. The van der Waals surface area contributed by atoms with E-state index in [9.17, 15) is 14.7 Å². The fourth-order valence-corrected chi connectivity index (χ4v) is 5.16. The van der Waals surface area contributed by atoms with Gasteiger partial charge >= 0.3 is 5.91 Å². The van der Waals surface area contributed by atoms with Gasteiger partial charge in [-0.15, -0.1) is 10.2 Å². The van der Waals surface area contributed by atoms with Crippen molar-refractivity contribution in [3.63, 3.8) is 0 Å². The number of Topliss-reactive ketones (excluding diaryl/α,β-unsaturated/α-hetero) is 1. The summed E-state index contributed by atoms with van der Waals surface area (Å²) in [6, 6.07) is 11.8. The van der Waals surface area contributed by atoms with Crippen molar-refractivity contribution < 1.29 is 19.4 Å². The van der Waals surface area contributed by atoms with Crippen LogP contribution in [0.4, 0.5) is 5.13 Å². The summed E-state index contributed by atoms with van der Waals surface area (Å²) in [5.74, 6) is -0.769. The molecule has 1 aliphatic heterocycles. The van der Waals surface area contributed by atoms with Gasteiger partial charge in [-0.2, -0.15) is 0 Å². The Balaban J connectivity index is 1.68. The van der Waals surface area contributed by atoms with Crippen molar-refractivity contribution in [2.24, 2.45) is 5.92 Å². The van der Waals surface area contributed by atoms with Crippen molar-refractivity contribution in [3.05, 3.63) is 76.2 Å². The van der Waals surface area contributed by atoms with E-state index in [4.69, 9.17) is 4.74 Å². The molecule has 1 saturated heterocycles. The number of hydrogen-bond donors (Lipinski definition) is 1. The maximum atomic E-state index is 13.5. The highest BCUT2D eigenvalue weighted by Gasteiger charge is 2.48. The molecule has 0 spiro atoms. The second kappa shape index (κ2) is 9.78. The van der Waals surface area contributed by atoms with E-state index in [1.165, 1.54) is 16.2 Å². The first-order valence-corrected chi connectivity index (χ1v) is 12.9. The van der Waals surface area contributed by atoms with E-state index >= 15 is 0 Å². The monoisotopic (exact) mass is 517 g/mol. The van der Waals surface area contributed by atoms with Gasteiger partial charge in [-0.3, -0.25) is 18.9 Å². The molecule has 1 N–H and O–H groups in total. The fourth-order valence-electron chi connectivity index (χ4n) is 4.44. The zero-order valence-electron chi connectivity index (χ0n) is 21.0. The maximum absolute atomic E-state index is 13.5. The first-order chi connectivity index (χ1) is 17.8. The molecular formula is C27H27N5O4S. The van der Waals surface area contributed by atoms with E-state index in [0.717, 1.165) is 6.42 Å². The summed E-state index contributed by atoms with van der Waals surface area (Å²) in [4.78, 5) is 32.7. The molecule has 1 fully saturated rings. The number of benzene rings is 1. The molecule has 4 heterocycles. The van der Waals surface area contributed by atoms with Crippen LogP contribution in [0.15, 0.2) is 54.2 Å². The summed E-state index contributed by atoms with van der Waals surface area (Å²) in [7, 11) is 0. The van der Waals surface area contributed by atoms with Crippen LogP contribution in [0, 0.1) is 19.8 Å². The average molecular weight is 518 g/mol. The topological polar surface area (TPSA) is 110 Å². The first kappa shape index (κ1) is 24.6. The summed E-state index contributed by atoms with van der Waals surface area (Å²) in [5.41, 5.74) is 2.09. The zero-order chi connectivity index (χ0) is 26.3. The Hall–Kier alpha value is -4.05.